The summed E-state index contributed by atoms with van der Waals surface area (Å²) in [6.45, 7) is 12.4. The van der Waals surface area contributed by atoms with Crippen molar-refractivity contribution in [3.8, 4) is 0 Å². The topological polar surface area (TPSA) is 23.9 Å². The Hall–Kier alpha value is -0.590. The largest absolute Gasteiger partial charge is 0.305 e. The van der Waals surface area contributed by atoms with Crippen molar-refractivity contribution in [2.75, 3.05) is 0 Å². The summed E-state index contributed by atoms with van der Waals surface area (Å²) >= 11 is 0. The zero-order chi connectivity index (χ0) is 9.23. The first-order chi connectivity index (χ1) is 4.76. The molecule has 0 aliphatic rings. The van der Waals surface area contributed by atoms with E-state index in [2.05, 4.69) is 34.6 Å². The van der Waals surface area contributed by atoms with Crippen molar-refractivity contribution in [1.82, 2.24) is 0 Å². The molecule has 64 valence electrons. The molecular formula is C10H19N. The van der Waals surface area contributed by atoms with Crippen LogP contribution in [0.4, 0.5) is 0 Å². The molecule has 11 heavy (non-hydrogen) atoms. The van der Waals surface area contributed by atoms with Crippen LogP contribution in [0.15, 0.2) is 11.1 Å². The maximum Gasteiger partial charge on any atom is 0.0319 e. The van der Waals surface area contributed by atoms with E-state index in [1.54, 1.807) is 0 Å². The molecule has 0 aromatic carbocycles. The quantitative estimate of drug-likeness (QED) is 0.558. The minimum absolute atomic E-state index is 0.116. The molecule has 0 fully saturated rings. The first-order valence-corrected chi connectivity index (χ1v) is 4.00. The Labute approximate surface area is 70.0 Å². The zero-order valence-corrected chi connectivity index (χ0v) is 8.50. The van der Waals surface area contributed by atoms with E-state index in [4.69, 9.17) is 5.41 Å². The summed E-state index contributed by atoms with van der Waals surface area (Å²) in [7, 11) is 0. The Bertz CT molecular complexity index is 187. The predicted octanol–water partition coefficient (Wildman–Crippen LogP) is 3.41. The Morgan fingerprint density at radius 2 is 1.36 bits per heavy atom. The van der Waals surface area contributed by atoms with Gasteiger partial charge in [-0.3, -0.25) is 0 Å². The smallest absolute Gasteiger partial charge is 0.0319 e. The lowest BCUT2D eigenvalue weighted by Crippen LogP contribution is -2.16. The molecule has 0 aromatic rings. The Morgan fingerprint density at radius 1 is 1.00 bits per heavy atom. The van der Waals surface area contributed by atoms with Gasteiger partial charge in [-0.1, -0.05) is 26.3 Å². The van der Waals surface area contributed by atoms with Crippen LogP contribution in [0.5, 0.6) is 0 Å². The normalized spacial score (nSPS) is 11.1. The summed E-state index contributed by atoms with van der Waals surface area (Å²) in [5.74, 6) is 0. The first kappa shape index (κ1) is 10.4. The highest BCUT2D eigenvalue weighted by Gasteiger charge is 2.19. The lowest BCUT2D eigenvalue weighted by Gasteiger charge is -2.24. The number of hydrogen-bond acceptors (Lipinski definition) is 1. The third-order valence-corrected chi connectivity index (χ3v) is 1.62. The maximum atomic E-state index is 7.58. The molecule has 0 saturated heterocycles. The molecular weight excluding hydrogens is 134 g/mol. The second-order valence-corrected chi connectivity index (χ2v) is 4.25. The van der Waals surface area contributed by atoms with Crippen LogP contribution in [0.1, 0.15) is 41.5 Å². The Kier molecular flexibility index (Phi) is 3.03. The third-order valence-electron chi connectivity index (χ3n) is 1.62. The molecule has 0 heterocycles. The summed E-state index contributed by atoms with van der Waals surface area (Å²) in [5.41, 5.74) is 3.24. The minimum Gasteiger partial charge on any atom is -0.305 e. The SMILES string of the molecule is CC(=N)C(=C(C)C)C(C)(C)C. The summed E-state index contributed by atoms with van der Waals surface area (Å²) in [6.07, 6.45) is 0. The van der Waals surface area contributed by atoms with Crippen LogP contribution in [0, 0.1) is 10.8 Å². The first-order valence-electron chi connectivity index (χ1n) is 4.00. The van der Waals surface area contributed by atoms with E-state index in [9.17, 15) is 0 Å². The molecule has 0 atom stereocenters. The van der Waals surface area contributed by atoms with Gasteiger partial charge in [0, 0.05) is 5.71 Å². The van der Waals surface area contributed by atoms with Gasteiger partial charge in [0.2, 0.25) is 0 Å². The van der Waals surface area contributed by atoms with E-state index >= 15 is 0 Å². The summed E-state index contributed by atoms with van der Waals surface area (Å²) in [4.78, 5) is 0. The lowest BCUT2D eigenvalue weighted by atomic mass is 9.81. The van der Waals surface area contributed by atoms with Gasteiger partial charge in [0.1, 0.15) is 0 Å². The second-order valence-electron chi connectivity index (χ2n) is 4.25. The molecule has 0 aliphatic carbocycles. The molecule has 0 aromatic heterocycles. The number of allylic oxidation sites excluding steroid dienone is 2. The van der Waals surface area contributed by atoms with Gasteiger partial charge >= 0.3 is 0 Å². The van der Waals surface area contributed by atoms with Crippen LogP contribution < -0.4 is 0 Å². The van der Waals surface area contributed by atoms with Gasteiger partial charge in [-0.25, -0.2) is 0 Å². The summed E-state index contributed by atoms with van der Waals surface area (Å²) in [6, 6.07) is 0. The van der Waals surface area contributed by atoms with Gasteiger partial charge in [-0.2, -0.15) is 0 Å². The van der Waals surface area contributed by atoms with Crippen LogP contribution in [0.2, 0.25) is 0 Å². The molecule has 0 aliphatic heterocycles. The molecule has 0 amide bonds. The van der Waals surface area contributed by atoms with Crippen LogP contribution in [-0.4, -0.2) is 5.71 Å². The maximum absolute atomic E-state index is 7.58. The highest BCUT2D eigenvalue weighted by Crippen LogP contribution is 2.28. The van der Waals surface area contributed by atoms with Gasteiger partial charge in [-0.15, -0.1) is 0 Å². The summed E-state index contributed by atoms with van der Waals surface area (Å²) in [5, 5.41) is 7.58. The average molecular weight is 153 g/mol. The van der Waals surface area contributed by atoms with Crippen molar-refractivity contribution < 1.29 is 0 Å². The van der Waals surface area contributed by atoms with Gasteiger partial charge in [0.05, 0.1) is 0 Å². The molecule has 0 unspecified atom stereocenters. The standard InChI is InChI=1S/C10H19N/c1-7(2)9(8(3)11)10(4,5)6/h11H,1-6H3. The van der Waals surface area contributed by atoms with Crippen molar-refractivity contribution in [2.45, 2.75) is 41.5 Å². The molecule has 0 rings (SSSR count). The average Bonchev–Trinajstić information content (AvgIpc) is 1.54. The minimum atomic E-state index is 0.116. The molecule has 1 heteroatoms. The fourth-order valence-corrected chi connectivity index (χ4v) is 1.69. The van der Waals surface area contributed by atoms with E-state index in [1.807, 2.05) is 6.92 Å². The van der Waals surface area contributed by atoms with Gasteiger partial charge in [0.25, 0.3) is 0 Å². The van der Waals surface area contributed by atoms with Crippen molar-refractivity contribution in [3.05, 3.63) is 11.1 Å². The number of nitrogens with one attached hydrogen (secondary N) is 1. The van der Waals surface area contributed by atoms with Gasteiger partial charge < -0.3 is 5.41 Å². The number of hydrogen-bond donors (Lipinski definition) is 1. The van der Waals surface area contributed by atoms with E-state index in [0.29, 0.717) is 5.71 Å². The fourth-order valence-electron chi connectivity index (χ4n) is 1.69. The van der Waals surface area contributed by atoms with Gasteiger partial charge in [0.15, 0.2) is 0 Å². The van der Waals surface area contributed by atoms with E-state index in [-0.39, 0.29) is 5.41 Å². The second kappa shape index (κ2) is 3.21. The highest BCUT2D eigenvalue weighted by molar-refractivity contribution is 5.97. The van der Waals surface area contributed by atoms with E-state index < -0.39 is 0 Å². The molecule has 0 bridgehead atoms. The van der Waals surface area contributed by atoms with E-state index in [1.165, 1.54) is 11.1 Å². The van der Waals surface area contributed by atoms with Crippen molar-refractivity contribution in [3.63, 3.8) is 0 Å². The van der Waals surface area contributed by atoms with Gasteiger partial charge in [-0.05, 0) is 31.8 Å². The molecule has 0 radical (unpaired) electrons. The monoisotopic (exact) mass is 153 g/mol. The Balaban J connectivity index is 4.96. The van der Waals surface area contributed by atoms with Crippen molar-refractivity contribution in [2.24, 2.45) is 5.41 Å². The lowest BCUT2D eigenvalue weighted by molar-refractivity contribution is 0.518. The highest BCUT2D eigenvalue weighted by atomic mass is 14.4. The fraction of sp³-hybridized carbons (Fsp3) is 0.700. The predicted molar refractivity (Wildman–Crippen MR) is 51.2 cm³/mol. The molecule has 0 saturated carbocycles. The summed E-state index contributed by atoms with van der Waals surface area (Å²) < 4.78 is 0. The van der Waals surface area contributed by atoms with Crippen LogP contribution in [0.25, 0.3) is 0 Å². The van der Waals surface area contributed by atoms with Crippen LogP contribution in [0.3, 0.4) is 0 Å². The molecule has 0 spiro atoms. The van der Waals surface area contributed by atoms with Crippen molar-refractivity contribution in [1.29, 1.82) is 5.41 Å². The Morgan fingerprint density at radius 3 is 1.36 bits per heavy atom. The molecule has 1 N–H and O–H groups in total. The molecule has 1 nitrogen and oxygen atoms in total. The van der Waals surface area contributed by atoms with Crippen LogP contribution in [-0.2, 0) is 0 Å². The zero-order valence-electron chi connectivity index (χ0n) is 8.50. The van der Waals surface area contributed by atoms with Crippen molar-refractivity contribution >= 4 is 5.71 Å². The van der Waals surface area contributed by atoms with E-state index in [0.717, 1.165) is 0 Å². The third kappa shape index (κ3) is 2.87. The van der Waals surface area contributed by atoms with Crippen LogP contribution >= 0.6 is 0 Å². The number of rotatable bonds is 1.